The van der Waals surface area contributed by atoms with Gasteiger partial charge in [-0.1, -0.05) is 19.1 Å². The standard InChI is InChI=1S/C15H17IN2O/c1-2-6-19-14-8-12(9-18-10-14)15(17)11-4-3-5-13(16)7-11/h3-5,7-10,15H,2,6,17H2,1H3. The molecule has 1 atom stereocenters. The molecule has 0 radical (unpaired) electrons. The minimum absolute atomic E-state index is 0.174. The van der Waals surface area contributed by atoms with Crippen molar-refractivity contribution in [3.8, 4) is 5.75 Å². The molecule has 2 aromatic rings. The number of benzene rings is 1. The van der Waals surface area contributed by atoms with E-state index in [4.69, 9.17) is 10.5 Å². The maximum atomic E-state index is 6.28. The molecule has 4 heteroatoms. The summed E-state index contributed by atoms with van der Waals surface area (Å²) in [6.07, 6.45) is 4.50. The number of halogens is 1. The van der Waals surface area contributed by atoms with Gasteiger partial charge in [0.15, 0.2) is 0 Å². The first-order valence-corrected chi connectivity index (χ1v) is 7.37. The normalized spacial score (nSPS) is 12.2. The third kappa shape index (κ3) is 3.91. The fraction of sp³-hybridized carbons (Fsp3) is 0.267. The van der Waals surface area contributed by atoms with Crippen molar-refractivity contribution in [1.82, 2.24) is 4.98 Å². The van der Waals surface area contributed by atoms with Gasteiger partial charge in [-0.05, 0) is 58.3 Å². The molecular weight excluding hydrogens is 351 g/mol. The van der Waals surface area contributed by atoms with E-state index in [0.717, 1.165) is 23.3 Å². The lowest BCUT2D eigenvalue weighted by atomic mass is 10.0. The topological polar surface area (TPSA) is 48.1 Å². The molecule has 0 saturated carbocycles. The Hall–Kier alpha value is -1.14. The van der Waals surface area contributed by atoms with Gasteiger partial charge in [0.2, 0.25) is 0 Å². The zero-order chi connectivity index (χ0) is 13.7. The monoisotopic (exact) mass is 368 g/mol. The van der Waals surface area contributed by atoms with Crippen molar-refractivity contribution < 1.29 is 4.74 Å². The fourth-order valence-electron chi connectivity index (χ4n) is 1.80. The molecule has 1 aromatic carbocycles. The second kappa shape index (κ2) is 6.86. The second-order valence-electron chi connectivity index (χ2n) is 4.34. The van der Waals surface area contributed by atoms with E-state index in [1.165, 1.54) is 3.57 Å². The van der Waals surface area contributed by atoms with Gasteiger partial charge in [0.1, 0.15) is 5.75 Å². The Kier molecular flexibility index (Phi) is 5.15. The number of ether oxygens (including phenoxy) is 1. The van der Waals surface area contributed by atoms with Crippen LogP contribution < -0.4 is 10.5 Å². The highest BCUT2D eigenvalue weighted by Crippen LogP contribution is 2.23. The Labute approximate surface area is 127 Å². The van der Waals surface area contributed by atoms with Crippen LogP contribution in [0, 0.1) is 3.57 Å². The van der Waals surface area contributed by atoms with E-state index in [1.807, 2.05) is 18.2 Å². The number of rotatable bonds is 5. The molecule has 0 aliphatic heterocycles. The summed E-state index contributed by atoms with van der Waals surface area (Å²) in [6, 6.07) is 9.98. The van der Waals surface area contributed by atoms with Crippen molar-refractivity contribution in [1.29, 1.82) is 0 Å². The van der Waals surface area contributed by atoms with Crippen LogP contribution in [-0.2, 0) is 0 Å². The molecule has 2 N–H and O–H groups in total. The second-order valence-corrected chi connectivity index (χ2v) is 5.58. The van der Waals surface area contributed by atoms with Crippen molar-refractivity contribution in [2.24, 2.45) is 5.73 Å². The highest BCUT2D eigenvalue weighted by Gasteiger charge is 2.10. The molecule has 3 nitrogen and oxygen atoms in total. The van der Waals surface area contributed by atoms with Gasteiger partial charge in [-0.3, -0.25) is 4.98 Å². The zero-order valence-corrected chi connectivity index (χ0v) is 13.0. The highest BCUT2D eigenvalue weighted by molar-refractivity contribution is 14.1. The van der Waals surface area contributed by atoms with Gasteiger partial charge in [0.05, 0.1) is 18.8 Å². The van der Waals surface area contributed by atoms with Crippen LogP contribution >= 0.6 is 22.6 Å². The van der Waals surface area contributed by atoms with Crippen molar-refractivity contribution in [3.63, 3.8) is 0 Å². The number of pyridine rings is 1. The van der Waals surface area contributed by atoms with Crippen LogP contribution in [0.4, 0.5) is 0 Å². The van der Waals surface area contributed by atoms with E-state index in [0.29, 0.717) is 6.61 Å². The molecule has 100 valence electrons. The Balaban J connectivity index is 2.21. The summed E-state index contributed by atoms with van der Waals surface area (Å²) >= 11 is 2.29. The minimum atomic E-state index is -0.174. The Bertz CT molecular complexity index is 545. The fourth-order valence-corrected chi connectivity index (χ4v) is 2.36. The first-order chi connectivity index (χ1) is 9.20. The molecule has 1 heterocycles. The number of hydrogen-bond acceptors (Lipinski definition) is 3. The van der Waals surface area contributed by atoms with Crippen LogP contribution in [-0.4, -0.2) is 11.6 Å². The van der Waals surface area contributed by atoms with Gasteiger partial charge >= 0.3 is 0 Å². The van der Waals surface area contributed by atoms with Crippen LogP contribution in [0.3, 0.4) is 0 Å². The largest absolute Gasteiger partial charge is 0.492 e. The predicted octanol–water partition coefficient (Wildman–Crippen LogP) is 3.52. The molecule has 0 amide bonds. The smallest absolute Gasteiger partial charge is 0.137 e. The molecule has 1 unspecified atom stereocenters. The summed E-state index contributed by atoms with van der Waals surface area (Å²) in [5.74, 6) is 0.778. The van der Waals surface area contributed by atoms with E-state index < -0.39 is 0 Å². The maximum absolute atomic E-state index is 6.28. The SMILES string of the molecule is CCCOc1cncc(C(N)c2cccc(I)c2)c1. The van der Waals surface area contributed by atoms with E-state index in [-0.39, 0.29) is 6.04 Å². The number of hydrogen-bond donors (Lipinski definition) is 1. The third-order valence-electron chi connectivity index (χ3n) is 2.77. The van der Waals surface area contributed by atoms with Gasteiger partial charge in [0.25, 0.3) is 0 Å². The summed E-state index contributed by atoms with van der Waals surface area (Å²) in [5, 5.41) is 0. The summed E-state index contributed by atoms with van der Waals surface area (Å²) in [5.41, 5.74) is 8.34. The number of nitrogens with two attached hydrogens (primary N) is 1. The zero-order valence-electron chi connectivity index (χ0n) is 10.8. The van der Waals surface area contributed by atoms with E-state index in [9.17, 15) is 0 Å². The molecule has 1 aromatic heterocycles. The maximum Gasteiger partial charge on any atom is 0.137 e. The van der Waals surface area contributed by atoms with Crippen molar-refractivity contribution in [2.45, 2.75) is 19.4 Å². The predicted molar refractivity (Wildman–Crippen MR) is 85.2 cm³/mol. The molecule has 19 heavy (non-hydrogen) atoms. The van der Waals surface area contributed by atoms with Gasteiger partial charge in [-0.15, -0.1) is 0 Å². The summed E-state index contributed by atoms with van der Waals surface area (Å²) in [6.45, 7) is 2.78. The average molecular weight is 368 g/mol. The van der Waals surface area contributed by atoms with E-state index in [1.54, 1.807) is 12.4 Å². The number of aromatic nitrogens is 1. The van der Waals surface area contributed by atoms with Crippen molar-refractivity contribution in [2.75, 3.05) is 6.61 Å². The minimum Gasteiger partial charge on any atom is -0.492 e. The van der Waals surface area contributed by atoms with Crippen LogP contribution in [0.5, 0.6) is 5.75 Å². The van der Waals surface area contributed by atoms with Gasteiger partial charge in [-0.2, -0.15) is 0 Å². The lowest BCUT2D eigenvalue weighted by Gasteiger charge is -2.14. The summed E-state index contributed by atoms with van der Waals surface area (Å²) in [7, 11) is 0. The Morgan fingerprint density at radius 2 is 2.11 bits per heavy atom. The van der Waals surface area contributed by atoms with Gasteiger partial charge in [-0.25, -0.2) is 0 Å². The van der Waals surface area contributed by atoms with Crippen LogP contribution in [0.15, 0.2) is 42.7 Å². The number of nitrogens with zero attached hydrogens (tertiary/aromatic N) is 1. The summed E-state index contributed by atoms with van der Waals surface area (Å²) < 4.78 is 6.76. The first kappa shape index (κ1) is 14.3. The molecular formula is C15H17IN2O. The first-order valence-electron chi connectivity index (χ1n) is 6.29. The van der Waals surface area contributed by atoms with Crippen LogP contribution in [0.25, 0.3) is 0 Å². The van der Waals surface area contributed by atoms with Crippen molar-refractivity contribution in [3.05, 3.63) is 57.4 Å². The Morgan fingerprint density at radius 1 is 1.26 bits per heavy atom. The Morgan fingerprint density at radius 3 is 2.84 bits per heavy atom. The summed E-state index contributed by atoms with van der Waals surface area (Å²) in [4.78, 5) is 4.20. The molecule has 0 aliphatic rings. The quantitative estimate of drug-likeness (QED) is 0.822. The van der Waals surface area contributed by atoms with E-state index in [2.05, 4.69) is 46.6 Å². The molecule has 0 spiro atoms. The molecule has 2 rings (SSSR count). The van der Waals surface area contributed by atoms with Crippen molar-refractivity contribution >= 4 is 22.6 Å². The molecule has 0 saturated heterocycles. The molecule has 0 fully saturated rings. The van der Waals surface area contributed by atoms with E-state index >= 15 is 0 Å². The van der Waals surface area contributed by atoms with Crippen LogP contribution in [0.2, 0.25) is 0 Å². The lowest BCUT2D eigenvalue weighted by Crippen LogP contribution is -2.12. The highest BCUT2D eigenvalue weighted by atomic mass is 127. The van der Waals surface area contributed by atoms with Crippen LogP contribution in [0.1, 0.15) is 30.5 Å². The third-order valence-corrected chi connectivity index (χ3v) is 3.45. The van der Waals surface area contributed by atoms with Gasteiger partial charge in [0, 0.05) is 9.77 Å². The average Bonchev–Trinajstić information content (AvgIpc) is 2.44. The molecule has 0 bridgehead atoms. The lowest BCUT2D eigenvalue weighted by molar-refractivity contribution is 0.315. The molecule has 0 aliphatic carbocycles. The van der Waals surface area contributed by atoms with Gasteiger partial charge < -0.3 is 10.5 Å².